The highest BCUT2D eigenvalue weighted by atomic mass is 16.5. The van der Waals surface area contributed by atoms with E-state index in [0.29, 0.717) is 18.7 Å². The van der Waals surface area contributed by atoms with E-state index in [1.165, 1.54) is 0 Å². The van der Waals surface area contributed by atoms with E-state index in [0.717, 1.165) is 27.7 Å². The van der Waals surface area contributed by atoms with Crippen molar-refractivity contribution >= 4 is 16.8 Å². The Kier molecular flexibility index (Phi) is 5.63. The van der Waals surface area contributed by atoms with Crippen molar-refractivity contribution in [3.63, 3.8) is 0 Å². The molecule has 2 aromatic carbocycles. The van der Waals surface area contributed by atoms with Crippen molar-refractivity contribution in [1.29, 1.82) is 0 Å². The van der Waals surface area contributed by atoms with Gasteiger partial charge in [0, 0.05) is 35.5 Å². The van der Waals surface area contributed by atoms with Crippen molar-refractivity contribution < 1.29 is 9.53 Å². The molecule has 4 aromatic rings. The van der Waals surface area contributed by atoms with Crippen LogP contribution in [0, 0.1) is 0 Å². The molecule has 0 saturated carbocycles. The normalized spacial score (nSPS) is 12.0. The van der Waals surface area contributed by atoms with Gasteiger partial charge in [-0.2, -0.15) is 5.10 Å². The molecule has 0 aliphatic rings. The maximum absolute atomic E-state index is 12.6. The number of hydrogen-bond donors (Lipinski definition) is 2. The summed E-state index contributed by atoms with van der Waals surface area (Å²) in [5, 5.41) is 11.2. The summed E-state index contributed by atoms with van der Waals surface area (Å²) >= 11 is 0. The number of carbonyl (C=O) groups excluding carboxylic acids is 1. The van der Waals surface area contributed by atoms with E-state index < -0.39 is 0 Å². The summed E-state index contributed by atoms with van der Waals surface area (Å²) in [5.74, 6) is -0.135. The van der Waals surface area contributed by atoms with Crippen LogP contribution in [0.3, 0.4) is 0 Å². The third kappa shape index (κ3) is 4.50. The van der Waals surface area contributed by atoms with Crippen LogP contribution in [0.4, 0.5) is 0 Å². The van der Waals surface area contributed by atoms with Crippen molar-refractivity contribution in [1.82, 2.24) is 20.5 Å². The van der Waals surface area contributed by atoms with Crippen molar-refractivity contribution in [2.45, 2.75) is 19.6 Å². The van der Waals surface area contributed by atoms with Crippen molar-refractivity contribution in [2.24, 2.45) is 0 Å². The van der Waals surface area contributed by atoms with Crippen molar-refractivity contribution in [3.8, 4) is 11.3 Å². The Labute approximate surface area is 168 Å². The maximum Gasteiger partial charge on any atom is 0.251 e. The highest BCUT2D eigenvalue weighted by Gasteiger charge is 2.13. The van der Waals surface area contributed by atoms with Gasteiger partial charge in [0.1, 0.15) is 5.69 Å². The molecule has 0 saturated heterocycles. The first-order valence-corrected chi connectivity index (χ1v) is 9.53. The Balaban J connectivity index is 1.41. The number of H-pyrrole nitrogens is 1. The smallest absolute Gasteiger partial charge is 0.251 e. The van der Waals surface area contributed by atoms with Crippen LogP contribution in [-0.4, -0.2) is 33.7 Å². The molecule has 2 heterocycles. The van der Waals surface area contributed by atoms with Gasteiger partial charge in [0.15, 0.2) is 0 Å². The van der Waals surface area contributed by atoms with E-state index in [1.807, 2.05) is 61.5 Å². The fourth-order valence-corrected chi connectivity index (χ4v) is 3.10. The average Bonchev–Trinajstić information content (AvgIpc) is 3.20. The number of hydrogen-bond acceptors (Lipinski definition) is 4. The highest BCUT2D eigenvalue weighted by molar-refractivity contribution is 6.01. The lowest BCUT2D eigenvalue weighted by atomic mass is 10.1. The van der Waals surface area contributed by atoms with Gasteiger partial charge in [0.25, 0.3) is 5.91 Å². The minimum Gasteiger partial charge on any atom is -0.372 e. The average molecular weight is 386 g/mol. The Hall–Kier alpha value is -3.51. The van der Waals surface area contributed by atoms with E-state index in [2.05, 4.69) is 20.5 Å². The maximum atomic E-state index is 12.6. The molecule has 0 bridgehead atoms. The fraction of sp³-hybridized carbons (Fsp3) is 0.174. The van der Waals surface area contributed by atoms with Crippen LogP contribution in [0.2, 0.25) is 0 Å². The second-order valence-electron chi connectivity index (χ2n) is 6.89. The quantitative estimate of drug-likeness (QED) is 0.504. The standard InChI is InChI=1S/C23H22N4O2/c1-16(29-15-17-5-3-2-4-6-17)14-25-23(28)19-7-8-21-20(13-19)22(27-26-21)18-9-11-24-12-10-18/h2-13,16H,14-15H2,1H3,(H,25,28)(H,26,27). The van der Waals surface area contributed by atoms with Crippen LogP contribution in [0.5, 0.6) is 0 Å². The van der Waals surface area contributed by atoms with E-state index in [9.17, 15) is 4.79 Å². The number of benzene rings is 2. The number of nitrogens with one attached hydrogen (secondary N) is 2. The first kappa shape index (κ1) is 18.8. The van der Waals surface area contributed by atoms with Crippen LogP contribution in [0.15, 0.2) is 73.1 Å². The van der Waals surface area contributed by atoms with Gasteiger partial charge in [-0.05, 0) is 42.8 Å². The number of amides is 1. The SMILES string of the molecule is CC(CNC(=O)c1ccc2[nH]nc(-c3ccncc3)c2c1)OCc1ccccc1. The number of nitrogens with zero attached hydrogens (tertiary/aromatic N) is 2. The zero-order chi connectivity index (χ0) is 20.1. The number of ether oxygens (including phenoxy) is 1. The molecular formula is C23H22N4O2. The number of pyridine rings is 1. The molecule has 6 heteroatoms. The zero-order valence-electron chi connectivity index (χ0n) is 16.1. The molecule has 2 aromatic heterocycles. The third-order valence-corrected chi connectivity index (χ3v) is 4.71. The number of fused-ring (bicyclic) bond motifs is 1. The third-order valence-electron chi connectivity index (χ3n) is 4.71. The first-order chi connectivity index (χ1) is 14.2. The summed E-state index contributed by atoms with van der Waals surface area (Å²) in [4.78, 5) is 16.7. The molecule has 29 heavy (non-hydrogen) atoms. The zero-order valence-corrected chi connectivity index (χ0v) is 16.1. The van der Waals surface area contributed by atoms with Gasteiger partial charge < -0.3 is 10.1 Å². The Morgan fingerprint density at radius 1 is 1.10 bits per heavy atom. The first-order valence-electron chi connectivity index (χ1n) is 9.53. The lowest BCUT2D eigenvalue weighted by molar-refractivity contribution is 0.0509. The van der Waals surface area contributed by atoms with E-state index in [4.69, 9.17) is 4.74 Å². The number of carbonyl (C=O) groups is 1. The van der Waals surface area contributed by atoms with E-state index in [-0.39, 0.29) is 12.0 Å². The predicted octanol–water partition coefficient (Wildman–Crippen LogP) is 3.96. The fourth-order valence-electron chi connectivity index (χ4n) is 3.10. The number of aromatic nitrogens is 3. The molecule has 146 valence electrons. The van der Waals surface area contributed by atoms with Gasteiger partial charge in [-0.3, -0.25) is 14.9 Å². The molecule has 4 rings (SSSR count). The Morgan fingerprint density at radius 2 is 1.90 bits per heavy atom. The molecule has 1 amide bonds. The summed E-state index contributed by atoms with van der Waals surface area (Å²) in [6.45, 7) is 2.91. The van der Waals surface area contributed by atoms with Gasteiger partial charge in [-0.1, -0.05) is 30.3 Å². The summed E-state index contributed by atoms with van der Waals surface area (Å²) in [7, 11) is 0. The molecule has 0 fully saturated rings. The molecule has 1 unspecified atom stereocenters. The van der Waals surface area contributed by atoms with Crippen molar-refractivity contribution in [3.05, 3.63) is 84.2 Å². The van der Waals surface area contributed by atoms with Crippen LogP contribution < -0.4 is 5.32 Å². The molecule has 2 N–H and O–H groups in total. The summed E-state index contributed by atoms with van der Waals surface area (Å²) < 4.78 is 5.81. The summed E-state index contributed by atoms with van der Waals surface area (Å²) in [6.07, 6.45) is 3.36. The Morgan fingerprint density at radius 3 is 2.69 bits per heavy atom. The van der Waals surface area contributed by atoms with Crippen LogP contribution in [0.1, 0.15) is 22.8 Å². The minimum absolute atomic E-state index is 0.0933. The second-order valence-corrected chi connectivity index (χ2v) is 6.89. The molecule has 0 spiro atoms. The van der Waals surface area contributed by atoms with Gasteiger partial charge >= 0.3 is 0 Å². The van der Waals surface area contributed by atoms with Crippen LogP contribution in [-0.2, 0) is 11.3 Å². The van der Waals surface area contributed by atoms with Crippen molar-refractivity contribution in [2.75, 3.05) is 6.54 Å². The van der Waals surface area contributed by atoms with Gasteiger partial charge in [0.05, 0.1) is 18.2 Å². The highest BCUT2D eigenvalue weighted by Crippen LogP contribution is 2.26. The van der Waals surface area contributed by atoms with Gasteiger partial charge in [0.2, 0.25) is 0 Å². The molecule has 0 aliphatic carbocycles. The number of rotatable bonds is 7. The Bertz CT molecular complexity index is 1090. The monoisotopic (exact) mass is 386 g/mol. The molecule has 0 aliphatic heterocycles. The van der Waals surface area contributed by atoms with Gasteiger partial charge in [-0.25, -0.2) is 0 Å². The molecule has 0 radical (unpaired) electrons. The van der Waals surface area contributed by atoms with Gasteiger partial charge in [-0.15, -0.1) is 0 Å². The van der Waals surface area contributed by atoms with E-state index >= 15 is 0 Å². The number of aromatic amines is 1. The van der Waals surface area contributed by atoms with Crippen LogP contribution in [0.25, 0.3) is 22.2 Å². The molecular weight excluding hydrogens is 364 g/mol. The minimum atomic E-state index is -0.135. The summed E-state index contributed by atoms with van der Waals surface area (Å²) in [5.41, 5.74) is 4.33. The lowest BCUT2D eigenvalue weighted by Crippen LogP contribution is -2.32. The molecule has 6 nitrogen and oxygen atoms in total. The lowest BCUT2D eigenvalue weighted by Gasteiger charge is -2.14. The van der Waals surface area contributed by atoms with Crippen LogP contribution >= 0.6 is 0 Å². The topological polar surface area (TPSA) is 79.9 Å². The largest absolute Gasteiger partial charge is 0.372 e. The summed E-state index contributed by atoms with van der Waals surface area (Å²) in [6, 6.07) is 19.3. The van der Waals surface area contributed by atoms with E-state index in [1.54, 1.807) is 18.5 Å². The second kappa shape index (κ2) is 8.67. The molecule has 1 atom stereocenters. The predicted molar refractivity (Wildman–Crippen MR) is 112 cm³/mol.